The van der Waals surface area contributed by atoms with Crippen molar-refractivity contribution in [1.82, 2.24) is 14.8 Å². The molecule has 0 amide bonds. The number of aryl methyl sites for hydroxylation is 1. The van der Waals surface area contributed by atoms with Gasteiger partial charge in [0, 0.05) is 25.8 Å². The topological polar surface area (TPSA) is 30.7 Å². The van der Waals surface area contributed by atoms with Crippen LogP contribution in [0.15, 0.2) is 53.4 Å². The maximum Gasteiger partial charge on any atom is 0.125 e. The molecule has 0 saturated carbocycles. The largest absolute Gasteiger partial charge is 0.320 e. The summed E-state index contributed by atoms with van der Waals surface area (Å²) < 4.78 is 2.05. The van der Waals surface area contributed by atoms with Gasteiger partial charge in [-0.1, -0.05) is 23.1 Å². The summed E-state index contributed by atoms with van der Waals surface area (Å²) in [6.07, 6.45) is 2.06. The minimum Gasteiger partial charge on any atom is -0.320 e. The van der Waals surface area contributed by atoms with Crippen molar-refractivity contribution < 1.29 is 20.1 Å². The molecule has 3 aromatic rings. The molecule has 0 aliphatic rings. The monoisotopic (exact) mass is 473 g/mol. The molecule has 0 fully saturated rings. The van der Waals surface area contributed by atoms with Gasteiger partial charge < -0.3 is 4.57 Å². The Bertz CT molecular complexity index is 725. The van der Waals surface area contributed by atoms with E-state index in [2.05, 4.69) is 45.3 Å². The van der Waals surface area contributed by atoms with Crippen molar-refractivity contribution in [1.29, 1.82) is 0 Å². The Morgan fingerprint density at radius 1 is 1.10 bits per heavy atom. The Labute approximate surface area is 142 Å². The number of hydrogen-bond acceptors (Lipinski definition) is 3. The molecule has 0 N–H and O–H groups in total. The number of thioether (sulfide) groups is 1. The molecule has 5 heteroatoms. The maximum atomic E-state index is 4.31. The quantitative estimate of drug-likeness (QED) is 0.430. The normalized spacial score (nSPS) is 10.2. The third-order valence-electron chi connectivity index (χ3n) is 3.09. The van der Waals surface area contributed by atoms with Gasteiger partial charge in [0.05, 0.1) is 5.82 Å². The van der Waals surface area contributed by atoms with E-state index in [4.69, 9.17) is 0 Å². The predicted octanol–water partition coefficient (Wildman–Crippen LogP) is 3.76. The van der Waals surface area contributed by atoms with Crippen LogP contribution in [0, 0.1) is 13.0 Å². The predicted molar refractivity (Wildman–Crippen MR) is 82.1 cm³/mol. The summed E-state index contributed by atoms with van der Waals surface area (Å²) in [5.74, 6) is 1.69. The van der Waals surface area contributed by atoms with Gasteiger partial charge in [-0.15, -0.1) is 46.7 Å². The van der Waals surface area contributed by atoms with Gasteiger partial charge in [-0.05, 0) is 25.3 Å². The fourth-order valence-corrected chi connectivity index (χ4v) is 2.56. The van der Waals surface area contributed by atoms with Gasteiger partial charge in [0.1, 0.15) is 5.82 Å². The summed E-state index contributed by atoms with van der Waals surface area (Å²) in [5, 5.41) is 8.52. The fourth-order valence-electron chi connectivity index (χ4n) is 2.12. The number of nitrogens with zero attached hydrogens (tertiary/aromatic N) is 3. The summed E-state index contributed by atoms with van der Waals surface area (Å²) >= 11 is 1.71. The molecular weight excluding hydrogens is 458 g/mol. The Morgan fingerprint density at radius 3 is 2.57 bits per heavy atom. The van der Waals surface area contributed by atoms with Crippen LogP contribution in [0.4, 0.5) is 0 Å². The molecule has 0 bridgehead atoms. The van der Waals surface area contributed by atoms with E-state index in [0.29, 0.717) is 0 Å². The van der Waals surface area contributed by atoms with Crippen LogP contribution in [0.3, 0.4) is 0 Å². The maximum absolute atomic E-state index is 4.31. The van der Waals surface area contributed by atoms with E-state index in [0.717, 1.165) is 22.9 Å². The Balaban J connectivity index is 0.00000161. The van der Waals surface area contributed by atoms with Gasteiger partial charge in [0.2, 0.25) is 0 Å². The first kappa shape index (κ1) is 16.0. The Kier molecular flexibility index (Phi) is 5.34. The van der Waals surface area contributed by atoms with Gasteiger partial charge in [-0.25, -0.2) is 0 Å². The van der Waals surface area contributed by atoms with Crippen LogP contribution in [0.2, 0.25) is 0 Å². The van der Waals surface area contributed by atoms with Crippen LogP contribution in [-0.2, 0) is 20.1 Å². The van der Waals surface area contributed by atoms with Crippen LogP contribution in [0.25, 0.3) is 17.1 Å². The second-order valence-corrected chi connectivity index (χ2v) is 5.26. The van der Waals surface area contributed by atoms with Crippen LogP contribution in [-0.4, -0.2) is 21.0 Å². The van der Waals surface area contributed by atoms with Crippen molar-refractivity contribution in [2.45, 2.75) is 11.8 Å². The molecular formula is C16H14IrN3S-. The molecule has 0 saturated heterocycles. The van der Waals surface area contributed by atoms with Crippen molar-refractivity contribution >= 4 is 11.8 Å². The van der Waals surface area contributed by atoms with Crippen molar-refractivity contribution in [3.63, 3.8) is 0 Å². The van der Waals surface area contributed by atoms with Gasteiger partial charge in [0.25, 0.3) is 0 Å². The second kappa shape index (κ2) is 7.03. The molecule has 0 atom stereocenters. The van der Waals surface area contributed by atoms with Gasteiger partial charge >= 0.3 is 0 Å². The summed E-state index contributed by atoms with van der Waals surface area (Å²) in [6, 6.07) is 19.5. The van der Waals surface area contributed by atoms with E-state index in [9.17, 15) is 0 Å². The summed E-state index contributed by atoms with van der Waals surface area (Å²) in [5.41, 5.74) is 2.02. The van der Waals surface area contributed by atoms with E-state index in [1.165, 1.54) is 4.90 Å². The fraction of sp³-hybridized carbons (Fsp3) is 0.125. The van der Waals surface area contributed by atoms with E-state index < -0.39 is 0 Å². The van der Waals surface area contributed by atoms with Crippen LogP contribution >= 0.6 is 11.8 Å². The van der Waals surface area contributed by atoms with Crippen molar-refractivity contribution in [2.24, 2.45) is 0 Å². The average molecular weight is 473 g/mol. The first-order valence-electron chi connectivity index (χ1n) is 6.33. The molecule has 1 radical (unpaired) electrons. The van der Waals surface area contributed by atoms with E-state index in [1.54, 1.807) is 11.8 Å². The summed E-state index contributed by atoms with van der Waals surface area (Å²) in [7, 11) is 0. The number of hydrogen-bond donors (Lipinski definition) is 0. The number of aromatic nitrogens is 3. The van der Waals surface area contributed by atoms with Crippen molar-refractivity contribution in [3.05, 3.63) is 60.4 Å². The minimum atomic E-state index is 0. The molecule has 21 heavy (non-hydrogen) atoms. The average Bonchev–Trinajstić information content (AvgIpc) is 2.90. The van der Waals surface area contributed by atoms with E-state index >= 15 is 0 Å². The van der Waals surface area contributed by atoms with E-state index in [1.807, 2.05) is 37.3 Å². The van der Waals surface area contributed by atoms with Gasteiger partial charge in [0.15, 0.2) is 0 Å². The third kappa shape index (κ3) is 3.26. The SMILES string of the molecule is CSc1cc[c-]c(-c2nnc(C)n2-c2ccccc2)c1.[Ir]. The summed E-state index contributed by atoms with van der Waals surface area (Å²) in [6.45, 7) is 1.96. The van der Waals surface area contributed by atoms with Crippen LogP contribution in [0.5, 0.6) is 0 Å². The zero-order valence-electron chi connectivity index (χ0n) is 11.7. The smallest absolute Gasteiger partial charge is 0.125 e. The standard InChI is InChI=1S/C16H14N3S.Ir/c1-12-17-18-16(13-7-6-10-15(11-13)20-2)19(12)14-8-4-3-5-9-14;/h3-6,8-11H,1-2H3;/q-1;. The molecule has 3 nitrogen and oxygen atoms in total. The first-order valence-corrected chi connectivity index (χ1v) is 7.55. The van der Waals surface area contributed by atoms with Crippen molar-refractivity contribution in [2.75, 3.05) is 6.26 Å². The Hall–Kier alpha value is -1.42. The zero-order valence-corrected chi connectivity index (χ0v) is 14.9. The van der Waals surface area contributed by atoms with Crippen LogP contribution in [0.1, 0.15) is 5.82 Å². The molecule has 0 unspecified atom stereocenters. The van der Waals surface area contributed by atoms with Gasteiger partial charge in [-0.2, -0.15) is 5.10 Å². The molecule has 109 valence electrons. The first-order chi connectivity index (χ1) is 9.79. The molecule has 1 heterocycles. The number of benzene rings is 2. The van der Waals surface area contributed by atoms with Crippen LogP contribution < -0.4 is 0 Å². The molecule has 0 spiro atoms. The van der Waals surface area contributed by atoms with Gasteiger partial charge in [-0.3, -0.25) is 0 Å². The summed E-state index contributed by atoms with van der Waals surface area (Å²) in [4.78, 5) is 1.19. The second-order valence-electron chi connectivity index (χ2n) is 4.38. The molecule has 2 aromatic carbocycles. The Morgan fingerprint density at radius 2 is 1.86 bits per heavy atom. The molecule has 0 aliphatic carbocycles. The minimum absolute atomic E-state index is 0. The molecule has 0 aliphatic heterocycles. The zero-order chi connectivity index (χ0) is 13.9. The number of para-hydroxylation sites is 1. The third-order valence-corrected chi connectivity index (χ3v) is 3.81. The molecule has 1 aromatic heterocycles. The van der Waals surface area contributed by atoms with E-state index in [-0.39, 0.29) is 20.1 Å². The number of rotatable bonds is 3. The van der Waals surface area contributed by atoms with Crippen molar-refractivity contribution in [3.8, 4) is 17.1 Å². The molecule has 3 rings (SSSR count).